The van der Waals surface area contributed by atoms with Crippen LogP contribution in [0, 0.1) is 0 Å². The van der Waals surface area contributed by atoms with Crippen LogP contribution in [0.2, 0.25) is 0 Å². The SMILES string of the molecule is CCNc1nc(C(=O)N=c2nc3c(OC)c(OCCCN4CCOCC4)ccc3c3n2CCN3)cs1. The molecule has 0 atom stereocenters. The first-order chi connectivity index (χ1) is 17.7. The van der Waals surface area contributed by atoms with Gasteiger partial charge in [0.15, 0.2) is 16.6 Å². The number of anilines is 2. The number of hydrogen-bond donors (Lipinski definition) is 2. The zero-order valence-corrected chi connectivity index (χ0v) is 21.4. The van der Waals surface area contributed by atoms with Gasteiger partial charge in [0.2, 0.25) is 5.62 Å². The predicted octanol–water partition coefficient (Wildman–Crippen LogP) is 2.20. The van der Waals surface area contributed by atoms with Gasteiger partial charge in [0.25, 0.3) is 5.91 Å². The lowest BCUT2D eigenvalue weighted by molar-refractivity contribution is 0.0357. The van der Waals surface area contributed by atoms with Crippen LogP contribution in [0.1, 0.15) is 23.8 Å². The summed E-state index contributed by atoms with van der Waals surface area (Å²) in [5.74, 6) is 1.58. The lowest BCUT2D eigenvalue weighted by Crippen LogP contribution is -2.37. The number of nitrogens with zero attached hydrogens (tertiary/aromatic N) is 5. The van der Waals surface area contributed by atoms with Gasteiger partial charge in [-0.1, -0.05) is 0 Å². The summed E-state index contributed by atoms with van der Waals surface area (Å²) >= 11 is 1.38. The average Bonchev–Trinajstić information content (AvgIpc) is 3.58. The number of carbonyl (C=O) groups excluding carboxylic acids is 1. The van der Waals surface area contributed by atoms with E-state index in [9.17, 15) is 4.79 Å². The third-order valence-electron chi connectivity index (χ3n) is 6.14. The zero-order chi connectivity index (χ0) is 24.9. The number of methoxy groups -OCH3 is 1. The lowest BCUT2D eigenvalue weighted by atomic mass is 10.2. The molecule has 0 aliphatic carbocycles. The number of thiazole rings is 1. The molecule has 1 saturated heterocycles. The molecule has 0 bridgehead atoms. The molecule has 192 valence electrons. The Kier molecular flexibility index (Phi) is 7.63. The van der Waals surface area contributed by atoms with Crippen molar-refractivity contribution in [2.24, 2.45) is 4.99 Å². The Labute approximate surface area is 213 Å². The van der Waals surface area contributed by atoms with Crippen LogP contribution < -0.4 is 25.7 Å². The van der Waals surface area contributed by atoms with E-state index in [2.05, 4.69) is 25.5 Å². The van der Waals surface area contributed by atoms with Crippen LogP contribution in [0.15, 0.2) is 22.5 Å². The van der Waals surface area contributed by atoms with E-state index in [0.717, 1.165) is 63.6 Å². The number of nitrogens with one attached hydrogen (secondary N) is 2. The molecule has 5 rings (SSSR count). The minimum atomic E-state index is -0.432. The van der Waals surface area contributed by atoms with Crippen molar-refractivity contribution in [3.05, 3.63) is 28.8 Å². The molecule has 2 N–H and O–H groups in total. The Morgan fingerprint density at radius 1 is 1.28 bits per heavy atom. The van der Waals surface area contributed by atoms with E-state index < -0.39 is 5.91 Å². The second kappa shape index (κ2) is 11.2. The molecule has 0 radical (unpaired) electrons. The van der Waals surface area contributed by atoms with Crippen LogP contribution in [-0.4, -0.2) is 85.0 Å². The monoisotopic (exact) mass is 513 g/mol. The molecule has 1 aromatic carbocycles. The number of benzene rings is 1. The van der Waals surface area contributed by atoms with Crippen molar-refractivity contribution in [3.63, 3.8) is 0 Å². The Morgan fingerprint density at radius 2 is 2.14 bits per heavy atom. The van der Waals surface area contributed by atoms with Gasteiger partial charge in [-0.25, -0.2) is 9.97 Å². The van der Waals surface area contributed by atoms with E-state index in [1.807, 2.05) is 23.6 Å². The van der Waals surface area contributed by atoms with E-state index >= 15 is 0 Å². The first kappa shape index (κ1) is 24.5. The fourth-order valence-electron chi connectivity index (χ4n) is 4.39. The summed E-state index contributed by atoms with van der Waals surface area (Å²) < 4.78 is 19.2. The van der Waals surface area contributed by atoms with Crippen molar-refractivity contribution in [2.45, 2.75) is 19.9 Å². The number of aromatic nitrogens is 3. The highest BCUT2D eigenvalue weighted by Gasteiger charge is 2.21. The molecule has 36 heavy (non-hydrogen) atoms. The van der Waals surface area contributed by atoms with Crippen molar-refractivity contribution in [1.82, 2.24) is 19.4 Å². The molecule has 11 nitrogen and oxygen atoms in total. The maximum absolute atomic E-state index is 12.9. The molecular formula is C24H31N7O4S. The summed E-state index contributed by atoms with van der Waals surface area (Å²) in [5, 5.41) is 9.80. The molecular weight excluding hydrogens is 482 g/mol. The standard InChI is InChI=1S/C24H31N7O4S/c1-3-25-24-27-17(15-36-24)22(32)29-23-28-19-16(21-26-7-9-31(21)23)5-6-18(20(19)33-2)35-12-4-8-30-10-13-34-14-11-30/h5-6,15,26H,3-4,7-14H2,1-2H3,(H,25,27). The summed E-state index contributed by atoms with van der Waals surface area (Å²) in [4.78, 5) is 28.7. The van der Waals surface area contributed by atoms with Gasteiger partial charge in [-0.3, -0.25) is 14.3 Å². The Balaban J connectivity index is 1.42. The third kappa shape index (κ3) is 5.15. The van der Waals surface area contributed by atoms with Crippen LogP contribution in [-0.2, 0) is 11.3 Å². The van der Waals surface area contributed by atoms with Crippen molar-refractivity contribution in [2.75, 3.05) is 70.3 Å². The van der Waals surface area contributed by atoms with Gasteiger partial charge in [0, 0.05) is 50.0 Å². The minimum Gasteiger partial charge on any atom is -0.491 e. The van der Waals surface area contributed by atoms with Crippen LogP contribution in [0.4, 0.5) is 10.9 Å². The predicted molar refractivity (Wildman–Crippen MR) is 138 cm³/mol. The van der Waals surface area contributed by atoms with Crippen molar-refractivity contribution < 1.29 is 19.0 Å². The lowest BCUT2D eigenvalue weighted by Gasteiger charge is -2.26. The summed E-state index contributed by atoms with van der Waals surface area (Å²) in [7, 11) is 1.60. The van der Waals surface area contributed by atoms with Gasteiger partial charge in [-0.05, 0) is 25.5 Å². The number of morpholine rings is 1. The smallest absolute Gasteiger partial charge is 0.299 e. The molecule has 1 fully saturated rings. The highest BCUT2D eigenvalue weighted by molar-refractivity contribution is 7.13. The summed E-state index contributed by atoms with van der Waals surface area (Å²) in [6.07, 6.45) is 0.897. The van der Waals surface area contributed by atoms with Gasteiger partial charge >= 0.3 is 0 Å². The molecule has 2 aromatic heterocycles. The average molecular weight is 514 g/mol. The Morgan fingerprint density at radius 3 is 2.94 bits per heavy atom. The van der Waals surface area contributed by atoms with E-state index in [4.69, 9.17) is 19.2 Å². The minimum absolute atomic E-state index is 0.294. The maximum Gasteiger partial charge on any atom is 0.299 e. The molecule has 3 aromatic rings. The first-order valence-corrected chi connectivity index (χ1v) is 13.1. The second-order valence-corrected chi connectivity index (χ2v) is 9.33. The molecule has 12 heteroatoms. The third-order valence-corrected chi connectivity index (χ3v) is 6.94. The van der Waals surface area contributed by atoms with Crippen LogP contribution in [0.3, 0.4) is 0 Å². The van der Waals surface area contributed by atoms with Gasteiger partial charge in [-0.2, -0.15) is 4.99 Å². The van der Waals surface area contributed by atoms with E-state index in [1.165, 1.54) is 11.3 Å². The fourth-order valence-corrected chi connectivity index (χ4v) is 5.15. The quantitative estimate of drug-likeness (QED) is 0.416. The summed E-state index contributed by atoms with van der Waals surface area (Å²) in [6.45, 7) is 9.11. The Bertz CT molecular complexity index is 1300. The van der Waals surface area contributed by atoms with Gasteiger partial charge in [0.05, 0.1) is 26.9 Å². The van der Waals surface area contributed by atoms with Crippen LogP contribution in [0.25, 0.3) is 10.9 Å². The molecule has 2 aliphatic rings. The number of hydrogen-bond acceptors (Lipinski definition) is 10. The Hall–Kier alpha value is -3.22. The van der Waals surface area contributed by atoms with E-state index in [1.54, 1.807) is 12.5 Å². The van der Waals surface area contributed by atoms with Crippen molar-refractivity contribution in [3.8, 4) is 11.5 Å². The number of carbonyl (C=O) groups is 1. The number of rotatable bonds is 9. The largest absolute Gasteiger partial charge is 0.491 e. The number of ether oxygens (including phenoxy) is 3. The molecule has 0 spiro atoms. The van der Waals surface area contributed by atoms with Crippen molar-refractivity contribution >= 4 is 39.1 Å². The molecule has 2 aliphatic heterocycles. The number of fused-ring (bicyclic) bond motifs is 3. The molecule has 0 unspecified atom stereocenters. The van der Waals surface area contributed by atoms with Crippen molar-refractivity contribution in [1.29, 1.82) is 0 Å². The topological polar surface area (TPSA) is 115 Å². The highest BCUT2D eigenvalue weighted by Crippen LogP contribution is 2.37. The number of amides is 1. The van der Waals surface area contributed by atoms with E-state index in [0.29, 0.717) is 46.6 Å². The summed E-state index contributed by atoms with van der Waals surface area (Å²) in [6, 6.07) is 3.89. The maximum atomic E-state index is 12.9. The van der Waals surface area contributed by atoms with Gasteiger partial charge < -0.3 is 24.8 Å². The second-order valence-electron chi connectivity index (χ2n) is 8.47. The fraction of sp³-hybridized carbons (Fsp3) is 0.500. The summed E-state index contributed by atoms with van der Waals surface area (Å²) in [5.41, 5.74) is 1.21. The zero-order valence-electron chi connectivity index (χ0n) is 20.6. The first-order valence-electron chi connectivity index (χ1n) is 12.2. The van der Waals surface area contributed by atoms with Gasteiger partial charge in [-0.15, -0.1) is 11.3 Å². The van der Waals surface area contributed by atoms with Crippen LogP contribution in [0.5, 0.6) is 11.5 Å². The molecule has 4 heterocycles. The molecule has 0 saturated carbocycles. The van der Waals surface area contributed by atoms with Gasteiger partial charge in [0.1, 0.15) is 17.0 Å². The van der Waals surface area contributed by atoms with Crippen LogP contribution >= 0.6 is 11.3 Å². The normalized spacial score (nSPS) is 16.1. The van der Waals surface area contributed by atoms with E-state index in [-0.39, 0.29) is 0 Å². The molecule has 1 amide bonds. The highest BCUT2D eigenvalue weighted by atomic mass is 32.1.